The number of rotatable bonds is 11. The number of imide groups is 1. The van der Waals surface area contributed by atoms with Crippen LogP contribution in [0.4, 0.5) is 23.4 Å². The van der Waals surface area contributed by atoms with Crippen LogP contribution in [0.1, 0.15) is 90.8 Å². The van der Waals surface area contributed by atoms with Gasteiger partial charge in [-0.15, -0.1) is 6.42 Å². The monoisotopic (exact) mass is 985 g/mol. The smallest absolute Gasteiger partial charge is 0.319 e. The van der Waals surface area contributed by atoms with Gasteiger partial charge < -0.3 is 29.9 Å². The molecule has 374 valence electrons. The number of nitrogens with one attached hydrogen (secondary N) is 2. The molecule has 72 heavy (non-hydrogen) atoms. The second kappa shape index (κ2) is 18.0. The van der Waals surface area contributed by atoms with Gasteiger partial charge in [0.05, 0.1) is 30.0 Å². The Kier molecular flexibility index (Phi) is 11.6. The molecule has 12 rings (SSSR count). The van der Waals surface area contributed by atoms with Crippen LogP contribution in [0.3, 0.4) is 0 Å². The van der Waals surface area contributed by atoms with Gasteiger partial charge in [-0.25, -0.2) is 17.6 Å². The number of alkyl halides is 2. The molecule has 6 fully saturated rings. The molecule has 3 amide bonds. The first-order valence-corrected chi connectivity index (χ1v) is 25.2. The lowest BCUT2D eigenvalue weighted by Gasteiger charge is -2.41. The van der Waals surface area contributed by atoms with E-state index in [1.54, 1.807) is 18.2 Å². The number of pyridine rings is 1. The SMILES string of the molecule is C#Cc1c(F)ccc2cc(O)cc(-c3ncc4c(N5CC6CCC(C5)N6)nc(OCC5(CN6CCC(CN7CCC(c8ccc9c(c8)CN(C8CCC(=O)NC8=O)C9=O)C(F)(F)C7)CC6)CC5)nc4c3F)c12. The van der Waals surface area contributed by atoms with Crippen molar-refractivity contribution in [1.82, 2.24) is 40.3 Å². The van der Waals surface area contributed by atoms with Crippen LogP contribution < -0.4 is 20.3 Å². The molecule has 14 nitrogen and oxygen atoms in total. The van der Waals surface area contributed by atoms with Gasteiger partial charge in [0.1, 0.15) is 34.6 Å². The Morgan fingerprint density at radius 1 is 0.903 bits per heavy atom. The predicted octanol–water partition coefficient (Wildman–Crippen LogP) is 6.51. The normalized spacial score (nSPS) is 25.2. The van der Waals surface area contributed by atoms with Gasteiger partial charge in [0, 0.05) is 79.4 Å². The standard InChI is InChI=1S/C54H55F4N9O5/c1-2-37-42(55)8-4-32-20-36(68)21-39(45(32)37)47-46(56)48-40(22-59-47)49(66-25-34-5-6-35(26-66)60-34)63-52(62-48)72-29-53(14-15-53)27-64-16-11-30(12-17-64)23-65-18-13-41(54(57,58)28-65)31-3-7-38-33(19-31)24-67(51(38)71)43-9-10-44(69)61-50(43)70/h1,3-4,7-8,19-22,30,34-35,41,43,60,68H,5-6,9-18,23-29H2,(H,61,69,70). The number of amides is 3. The fourth-order valence-electron chi connectivity index (χ4n) is 12.5. The summed E-state index contributed by atoms with van der Waals surface area (Å²) in [5.74, 6) is -3.54. The molecule has 0 spiro atoms. The Balaban J connectivity index is 0.696. The number of aromatic nitrogens is 3. The molecule has 6 aliphatic heterocycles. The third-order valence-corrected chi connectivity index (χ3v) is 16.5. The number of piperazine rings is 1. The number of ether oxygens (including phenoxy) is 1. The number of anilines is 1. The summed E-state index contributed by atoms with van der Waals surface area (Å²) in [6, 6.07) is 10.2. The summed E-state index contributed by atoms with van der Waals surface area (Å²) >= 11 is 0. The Morgan fingerprint density at radius 2 is 1.68 bits per heavy atom. The zero-order chi connectivity index (χ0) is 49.6. The number of phenolic OH excluding ortho intramolecular Hbond substituents is 1. The largest absolute Gasteiger partial charge is 0.508 e. The molecule has 5 aromatic rings. The number of fused-ring (bicyclic) bond motifs is 5. The number of halogens is 4. The molecule has 8 heterocycles. The number of phenols is 1. The summed E-state index contributed by atoms with van der Waals surface area (Å²) in [6.07, 6.45) is 13.6. The van der Waals surface area contributed by atoms with Crippen molar-refractivity contribution < 1.29 is 41.8 Å². The Labute approximate surface area is 413 Å². The van der Waals surface area contributed by atoms with Gasteiger partial charge >= 0.3 is 6.01 Å². The van der Waals surface area contributed by atoms with E-state index in [0.717, 1.165) is 58.2 Å². The fourth-order valence-corrected chi connectivity index (χ4v) is 12.5. The second-order valence-electron chi connectivity index (χ2n) is 21.4. The summed E-state index contributed by atoms with van der Waals surface area (Å²) < 4.78 is 70.7. The van der Waals surface area contributed by atoms with E-state index in [9.17, 15) is 19.5 Å². The van der Waals surface area contributed by atoms with E-state index in [-0.39, 0.29) is 107 Å². The van der Waals surface area contributed by atoms with Crippen molar-refractivity contribution in [2.45, 2.75) is 94.3 Å². The zero-order valence-corrected chi connectivity index (χ0v) is 39.7. The number of hydrogen-bond acceptors (Lipinski definition) is 12. The van der Waals surface area contributed by atoms with Crippen molar-refractivity contribution in [2.75, 3.05) is 63.9 Å². The van der Waals surface area contributed by atoms with E-state index in [2.05, 4.69) is 36.3 Å². The zero-order valence-electron chi connectivity index (χ0n) is 39.7. The maximum absolute atomic E-state index is 17.1. The number of benzene rings is 3. The van der Waals surface area contributed by atoms with Gasteiger partial charge in [0.25, 0.3) is 11.8 Å². The summed E-state index contributed by atoms with van der Waals surface area (Å²) in [4.78, 5) is 59.5. The maximum atomic E-state index is 17.1. The molecule has 18 heteroatoms. The minimum atomic E-state index is -2.98. The molecule has 7 aliphatic rings. The van der Waals surface area contributed by atoms with E-state index in [1.807, 2.05) is 4.90 Å². The lowest BCUT2D eigenvalue weighted by atomic mass is 9.84. The molecule has 4 atom stereocenters. The first-order chi connectivity index (χ1) is 34.7. The molecule has 3 aromatic carbocycles. The highest BCUT2D eigenvalue weighted by atomic mass is 19.3. The van der Waals surface area contributed by atoms with Crippen molar-refractivity contribution in [2.24, 2.45) is 11.3 Å². The first kappa shape index (κ1) is 46.6. The Bertz CT molecular complexity index is 3090. The number of terminal acetylenes is 1. The topological polar surface area (TPSA) is 156 Å². The Morgan fingerprint density at radius 3 is 2.42 bits per heavy atom. The van der Waals surface area contributed by atoms with Crippen LogP contribution in [-0.4, -0.2) is 135 Å². The van der Waals surface area contributed by atoms with E-state index in [0.29, 0.717) is 66.1 Å². The molecule has 4 unspecified atom stereocenters. The first-order valence-electron chi connectivity index (χ1n) is 25.2. The van der Waals surface area contributed by atoms with Crippen LogP contribution in [-0.2, 0) is 16.1 Å². The fraction of sp³-hybridized carbons (Fsp3) is 0.481. The number of likely N-dealkylation sites (tertiary alicyclic amines) is 2. The number of aromatic hydroxyl groups is 1. The summed E-state index contributed by atoms with van der Waals surface area (Å²) in [5.41, 5.74) is 1.32. The summed E-state index contributed by atoms with van der Waals surface area (Å²) in [7, 11) is 0. The number of nitrogens with zero attached hydrogens (tertiary/aromatic N) is 7. The average molecular weight is 986 g/mol. The molecule has 2 aromatic heterocycles. The van der Waals surface area contributed by atoms with E-state index < -0.39 is 35.4 Å². The lowest BCUT2D eigenvalue weighted by molar-refractivity contribution is -0.136. The number of carbonyl (C=O) groups excluding carboxylic acids is 3. The van der Waals surface area contributed by atoms with Gasteiger partial charge in [0.15, 0.2) is 5.82 Å². The van der Waals surface area contributed by atoms with E-state index in [1.165, 1.54) is 35.4 Å². The molecule has 1 saturated carbocycles. The average Bonchev–Trinajstić information content (AvgIpc) is 3.93. The van der Waals surface area contributed by atoms with Crippen LogP contribution in [0.5, 0.6) is 11.8 Å². The number of hydrogen-bond donors (Lipinski definition) is 3. The van der Waals surface area contributed by atoms with Gasteiger partial charge in [-0.05, 0) is 118 Å². The molecular formula is C54H55F4N9O5. The summed E-state index contributed by atoms with van der Waals surface area (Å²) in [5, 5.41) is 17.7. The second-order valence-corrected chi connectivity index (χ2v) is 21.4. The van der Waals surface area contributed by atoms with Crippen molar-refractivity contribution in [1.29, 1.82) is 0 Å². The van der Waals surface area contributed by atoms with Crippen LogP contribution in [0, 0.1) is 35.3 Å². The van der Waals surface area contributed by atoms with Crippen LogP contribution in [0.2, 0.25) is 0 Å². The van der Waals surface area contributed by atoms with Crippen molar-refractivity contribution in [3.05, 3.63) is 82.5 Å². The highest BCUT2D eigenvalue weighted by Gasteiger charge is 2.48. The number of piperidine rings is 3. The van der Waals surface area contributed by atoms with Crippen molar-refractivity contribution in [3.63, 3.8) is 0 Å². The molecule has 2 bridgehead atoms. The summed E-state index contributed by atoms with van der Waals surface area (Å²) in [6.45, 7) is 5.07. The lowest BCUT2D eigenvalue weighted by Crippen LogP contribution is -2.52. The molecule has 0 radical (unpaired) electrons. The molecule has 3 N–H and O–H groups in total. The molecule has 5 saturated heterocycles. The quantitative estimate of drug-likeness (QED) is 0.0751. The number of carbonyl (C=O) groups is 3. The van der Waals surface area contributed by atoms with Crippen LogP contribution >= 0.6 is 0 Å². The Hall–Kier alpha value is -6.42. The van der Waals surface area contributed by atoms with Gasteiger partial charge in [-0.3, -0.25) is 29.6 Å². The maximum Gasteiger partial charge on any atom is 0.319 e. The van der Waals surface area contributed by atoms with Crippen LogP contribution in [0.15, 0.2) is 48.7 Å². The van der Waals surface area contributed by atoms with Gasteiger partial charge in [-0.1, -0.05) is 24.1 Å². The minimum Gasteiger partial charge on any atom is -0.508 e. The van der Waals surface area contributed by atoms with Crippen LogP contribution in [0.25, 0.3) is 32.9 Å². The highest BCUT2D eigenvalue weighted by Crippen LogP contribution is 2.48. The highest BCUT2D eigenvalue weighted by molar-refractivity contribution is 6.06. The van der Waals surface area contributed by atoms with Gasteiger partial charge in [0.2, 0.25) is 11.8 Å². The molecule has 1 aliphatic carbocycles. The third kappa shape index (κ3) is 8.56. The third-order valence-electron chi connectivity index (χ3n) is 16.5. The van der Waals surface area contributed by atoms with Crippen molar-refractivity contribution >= 4 is 45.2 Å². The predicted molar refractivity (Wildman–Crippen MR) is 260 cm³/mol. The minimum absolute atomic E-state index is 0.00375. The molecular weight excluding hydrogens is 931 g/mol. The van der Waals surface area contributed by atoms with Crippen molar-refractivity contribution in [3.8, 4) is 35.4 Å². The van der Waals surface area contributed by atoms with E-state index >= 15 is 17.6 Å². The van der Waals surface area contributed by atoms with Gasteiger partial charge in [-0.2, -0.15) is 9.97 Å². The van der Waals surface area contributed by atoms with E-state index in [4.69, 9.17) is 16.1 Å².